The first-order valence-electron chi connectivity index (χ1n) is 9.69. The van der Waals surface area contributed by atoms with Gasteiger partial charge in [0.2, 0.25) is 0 Å². The Bertz CT molecular complexity index is 1270. The number of rotatable bonds is 6. The molecule has 0 aliphatic rings. The van der Waals surface area contributed by atoms with Gasteiger partial charge in [-0.3, -0.25) is 9.78 Å². The number of methoxy groups -OCH3 is 1. The normalized spacial score (nSPS) is 10.9. The van der Waals surface area contributed by atoms with Crippen LogP contribution in [0.4, 0.5) is 29.3 Å². The van der Waals surface area contributed by atoms with E-state index in [1.54, 1.807) is 0 Å². The predicted octanol–water partition coefficient (Wildman–Crippen LogP) is 6.21. The molecule has 0 unspecified atom stereocenters. The molecule has 0 spiro atoms. The molecular formula is C22H17Cl2F3N4O4. The van der Waals surface area contributed by atoms with Crippen LogP contribution in [-0.2, 0) is 6.18 Å². The molecule has 0 saturated carbocycles. The number of urea groups is 1. The molecule has 3 amide bonds. The van der Waals surface area contributed by atoms with Crippen LogP contribution in [0.15, 0.2) is 48.8 Å². The Morgan fingerprint density at radius 3 is 2.29 bits per heavy atom. The molecule has 3 N–H and O–H groups in total. The number of benzene rings is 2. The van der Waals surface area contributed by atoms with Gasteiger partial charge < -0.3 is 25.4 Å². The van der Waals surface area contributed by atoms with Gasteiger partial charge in [0.25, 0.3) is 5.91 Å². The Labute approximate surface area is 207 Å². The van der Waals surface area contributed by atoms with Gasteiger partial charge in [-0.05, 0) is 24.3 Å². The Balaban J connectivity index is 1.74. The minimum Gasteiger partial charge on any atom is -0.495 e. The average molecular weight is 529 g/mol. The second-order valence-corrected chi connectivity index (χ2v) is 7.66. The van der Waals surface area contributed by atoms with Gasteiger partial charge in [-0.1, -0.05) is 23.2 Å². The van der Waals surface area contributed by atoms with Crippen LogP contribution in [-0.4, -0.2) is 31.1 Å². The highest BCUT2D eigenvalue weighted by Crippen LogP contribution is 2.40. The van der Waals surface area contributed by atoms with Crippen molar-refractivity contribution < 1.29 is 32.2 Å². The van der Waals surface area contributed by atoms with Crippen LogP contribution in [0.1, 0.15) is 15.9 Å². The van der Waals surface area contributed by atoms with Gasteiger partial charge in [0, 0.05) is 25.4 Å². The van der Waals surface area contributed by atoms with Crippen molar-refractivity contribution in [3.63, 3.8) is 0 Å². The van der Waals surface area contributed by atoms with E-state index in [4.69, 9.17) is 32.7 Å². The maximum absolute atomic E-state index is 13.2. The van der Waals surface area contributed by atoms with Crippen molar-refractivity contribution in [1.29, 1.82) is 0 Å². The average Bonchev–Trinajstić information content (AvgIpc) is 2.80. The summed E-state index contributed by atoms with van der Waals surface area (Å²) < 4.78 is 50.2. The second-order valence-electron chi connectivity index (χ2n) is 6.84. The quantitative estimate of drug-likeness (QED) is 0.353. The summed E-state index contributed by atoms with van der Waals surface area (Å²) >= 11 is 11.9. The van der Waals surface area contributed by atoms with Crippen LogP contribution >= 0.6 is 23.2 Å². The molecule has 0 aliphatic heterocycles. The molecule has 0 bridgehead atoms. The van der Waals surface area contributed by atoms with Crippen molar-refractivity contribution in [3.05, 3.63) is 70.0 Å². The summed E-state index contributed by atoms with van der Waals surface area (Å²) in [5, 5.41) is 6.69. The molecule has 0 saturated heterocycles. The minimum absolute atomic E-state index is 0.0689. The smallest absolute Gasteiger partial charge is 0.417 e. The van der Waals surface area contributed by atoms with Crippen LogP contribution in [0.3, 0.4) is 0 Å². The van der Waals surface area contributed by atoms with Gasteiger partial charge in [0.1, 0.15) is 17.2 Å². The van der Waals surface area contributed by atoms with E-state index in [9.17, 15) is 22.8 Å². The van der Waals surface area contributed by atoms with Crippen LogP contribution in [0, 0.1) is 0 Å². The Kier molecular flexibility index (Phi) is 7.92. The largest absolute Gasteiger partial charge is 0.495 e. The van der Waals surface area contributed by atoms with Crippen molar-refractivity contribution in [2.75, 3.05) is 24.8 Å². The van der Waals surface area contributed by atoms with Crippen molar-refractivity contribution >= 4 is 46.5 Å². The fourth-order valence-corrected chi connectivity index (χ4v) is 3.33. The minimum atomic E-state index is -4.73. The van der Waals surface area contributed by atoms with Crippen molar-refractivity contribution in [1.82, 2.24) is 10.3 Å². The van der Waals surface area contributed by atoms with Gasteiger partial charge in [-0.15, -0.1) is 0 Å². The molecule has 2 aromatic carbocycles. The highest BCUT2D eigenvalue weighted by Gasteiger charge is 2.34. The molecule has 1 heterocycles. The monoisotopic (exact) mass is 528 g/mol. The van der Waals surface area contributed by atoms with Crippen LogP contribution in [0.5, 0.6) is 17.2 Å². The number of amides is 3. The number of anilines is 2. The van der Waals surface area contributed by atoms with E-state index in [2.05, 4.69) is 20.9 Å². The molecule has 35 heavy (non-hydrogen) atoms. The summed E-state index contributed by atoms with van der Waals surface area (Å²) in [6.45, 7) is 0. The zero-order valence-electron chi connectivity index (χ0n) is 18.1. The van der Waals surface area contributed by atoms with E-state index < -0.39 is 22.8 Å². The highest BCUT2D eigenvalue weighted by molar-refractivity contribution is 6.34. The van der Waals surface area contributed by atoms with Crippen molar-refractivity contribution in [2.24, 2.45) is 0 Å². The number of nitrogens with one attached hydrogen (secondary N) is 3. The number of alkyl halides is 3. The lowest BCUT2D eigenvalue weighted by Gasteiger charge is -2.16. The van der Waals surface area contributed by atoms with Crippen molar-refractivity contribution in [3.8, 4) is 17.2 Å². The number of pyridine rings is 1. The molecule has 8 nitrogen and oxygen atoms in total. The molecule has 0 atom stereocenters. The molecule has 3 aromatic rings. The van der Waals surface area contributed by atoms with Gasteiger partial charge in [0.15, 0.2) is 0 Å². The molecule has 184 valence electrons. The van der Waals surface area contributed by atoms with Crippen LogP contribution < -0.4 is 25.4 Å². The number of hydrogen-bond donors (Lipinski definition) is 3. The first-order valence-corrected chi connectivity index (χ1v) is 10.4. The number of ether oxygens (including phenoxy) is 2. The third kappa shape index (κ3) is 6.46. The van der Waals surface area contributed by atoms with E-state index in [-0.39, 0.29) is 45.1 Å². The zero-order valence-corrected chi connectivity index (χ0v) is 19.6. The van der Waals surface area contributed by atoms with Gasteiger partial charge in [-0.2, -0.15) is 13.2 Å². The number of hydrogen-bond acceptors (Lipinski definition) is 5. The molecule has 3 rings (SSSR count). The Morgan fingerprint density at radius 1 is 0.943 bits per heavy atom. The lowest BCUT2D eigenvalue weighted by atomic mass is 10.1. The van der Waals surface area contributed by atoms with E-state index in [0.717, 1.165) is 6.07 Å². The summed E-state index contributed by atoms with van der Waals surface area (Å²) in [5.74, 6) is 0.147. The molecule has 1 aromatic heterocycles. The molecular weight excluding hydrogens is 512 g/mol. The first kappa shape index (κ1) is 25.9. The molecule has 13 heteroatoms. The Hall–Kier alpha value is -3.70. The number of aromatic nitrogens is 1. The third-order valence-corrected chi connectivity index (χ3v) is 5.10. The SMILES string of the molecule is CNC(=O)c1cncc(Oc2ccc(NC(=O)Nc3cc(C(F)(F)F)c(Cl)cc3OC)c(Cl)c2)c1. The third-order valence-electron chi connectivity index (χ3n) is 4.47. The number of carbonyl (C=O) groups excluding carboxylic acids is 2. The predicted molar refractivity (Wildman–Crippen MR) is 125 cm³/mol. The summed E-state index contributed by atoms with van der Waals surface area (Å²) in [6.07, 6.45) is -1.96. The summed E-state index contributed by atoms with van der Waals surface area (Å²) in [5.41, 5.74) is -0.943. The van der Waals surface area contributed by atoms with E-state index >= 15 is 0 Å². The fourth-order valence-electron chi connectivity index (χ4n) is 2.85. The van der Waals surface area contributed by atoms with Crippen LogP contribution in [0.25, 0.3) is 0 Å². The standard InChI is InChI=1S/C22H17Cl2F3N4O4/c1-28-20(32)11-5-13(10-29-9-11)35-12-3-4-17(16(24)6-12)30-21(33)31-18-7-14(22(25,26)27)15(23)8-19(18)34-2/h3-10H,1-2H3,(H,28,32)(H2,30,31,33). The summed E-state index contributed by atoms with van der Waals surface area (Å²) in [6, 6.07) is 6.53. The number of nitrogens with zero attached hydrogens (tertiary/aromatic N) is 1. The lowest BCUT2D eigenvalue weighted by Crippen LogP contribution is -2.20. The van der Waals surface area contributed by atoms with Gasteiger partial charge in [-0.25, -0.2) is 4.79 Å². The maximum Gasteiger partial charge on any atom is 0.417 e. The van der Waals surface area contributed by atoms with E-state index in [0.29, 0.717) is 6.07 Å². The van der Waals surface area contributed by atoms with E-state index in [1.807, 2.05) is 0 Å². The first-order chi connectivity index (χ1) is 16.5. The number of halogens is 5. The Morgan fingerprint density at radius 2 is 1.66 bits per heavy atom. The maximum atomic E-state index is 13.2. The fraction of sp³-hybridized carbons (Fsp3) is 0.136. The van der Waals surface area contributed by atoms with Gasteiger partial charge in [0.05, 0.1) is 45.9 Å². The van der Waals surface area contributed by atoms with Gasteiger partial charge >= 0.3 is 12.2 Å². The molecule has 0 radical (unpaired) electrons. The summed E-state index contributed by atoms with van der Waals surface area (Å²) in [4.78, 5) is 28.1. The number of carbonyl (C=O) groups is 2. The van der Waals surface area contributed by atoms with E-state index in [1.165, 1.54) is 50.8 Å². The molecule has 0 aliphatic carbocycles. The second kappa shape index (κ2) is 10.7. The highest BCUT2D eigenvalue weighted by atomic mass is 35.5. The van der Waals surface area contributed by atoms with Crippen molar-refractivity contribution in [2.45, 2.75) is 6.18 Å². The van der Waals surface area contributed by atoms with Crippen LogP contribution in [0.2, 0.25) is 10.0 Å². The molecule has 0 fully saturated rings. The lowest BCUT2D eigenvalue weighted by molar-refractivity contribution is -0.137. The summed E-state index contributed by atoms with van der Waals surface area (Å²) in [7, 11) is 2.70. The zero-order chi connectivity index (χ0) is 25.8. The topological polar surface area (TPSA) is 102 Å².